The molecule has 0 radical (unpaired) electrons. The summed E-state index contributed by atoms with van der Waals surface area (Å²) in [6, 6.07) is -0.509. The molecule has 1 fully saturated rings. The molecule has 21 heavy (non-hydrogen) atoms. The van der Waals surface area contributed by atoms with Gasteiger partial charge in [0.05, 0.1) is 19.8 Å². The topological polar surface area (TPSA) is 95.1 Å². The van der Waals surface area contributed by atoms with E-state index in [2.05, 4.69) is 15.5 Å². The molecule has 1 aliphatic rings. The summed E-state index contributed by atoms with van der Waals surface area (Å²) in [6.07, 6.45) is -0.253. The molecule has 2 N–H and O–H groups in total. The third kappa shape index (κ3) is 5.49. The second kappa shape index (κ2) is 7.06. The van der Waals surface area contributed by atoms with Gasteiger partial charge in [0.15, 0.2) is 0 Å². The van der Waals surface area contributed by atoms with E-state index in [-0.39, 0.29) is 12.6 Å². The number of esters is 1. The van der Waals surface area contributed by atoms with Gasteiger partial charge in [-0.1, -0.05) is 0 Å². The Labute approximate surface area is 124 Å². The van der Waals surface area contributed by atoms with Crippen LogP contribution in [-0.4, -0.2) is 56.6 Å². The van der Waals surface area contributed by atoms with E-state index in [9.17, 15) is 9.59 Å². The first-order valence-electron chi connectivity index (χ1n) is 6.69. The van der Waals surface area contributed by atoms with Crippen LogP contribution in [0.15, 0.2) is 0 Å². The van der Waals surface area contributed by atoms with Crippen LogP contribution in [-0.2, 0) is 24.0 Å². The van der Waals surface area contributed by atoms with Crippen LogP contribution in [0.25, 0.3) is 0 Å². The number of hydrogen-bond acceptors (Lipinski definition) is 7. The van der Waals surface area contributed by atoms with Crippen LogP contribution < -0.4 is 10.6 Å². The molecule has 0 aromatic heterocycles. The van der Waals surface area contributed by atoms with Crippen LogP contribution in [0.3, 0.4) is 0 Å². The largest absolute Gasteiger partial charge is 0.468 e. The van der Waals surface area contributed by atoms with Gasteiger partial charge in [-0.2, -0.15) is 0 Å². The van der Waals surface area contributed by atoms with E-state index in [1.54, 1.807) is 20.8 Å². The summed E-state index contributed by atoms with van der Waals surface area (Å²) < 4.78 is 9.94. The molecule has 0 aromatic carbocycles. The van der Waals surface area contributed by atoms with Gasteiger partial charge in [-0.15, -0.1) is 0 Å². The molecular formula is C13H24N2O6. The number of hydrogen-bond donors (Lipinski definition) is 2. The van der Waals surface area contributed by atoms with Gasteiger partial charge in [-0.05, 0) is 20.8 Å². The molecule has 0 bridgehead atoms. The maximum absolute atomic E-state index is 12.0. The fourth-order valence-electron chi connectivity index (χ4n) is 2.10. The normalized spacial score (nSPS) is 25.5. The first-order valence-corrected chi connectivity index (χ1v) is 6.69. The van der Waals surface area contributed by atoms with Crippen molar-refractivity contribution >= 4 is 12.1 Å². The molecule has 1 amide bonds. The molecule has 1 aliphatic heterocycles. The molecule has 1 heterocycles. The van der Waals surface area contributed by atoms with E-state index in [4.69, 9.17) is 14.4 Å². The summed E-state index contributed by atoms with van der Waals surface area (Å²) in [6.45, 7) is 5.75. The Morgan fingerprint density at radius 2 is 2.00 bits per heavy atom. The van der Waals surface area contributed by atoms with Gasteiger partial charge in [0.1, 0.15) is 18.2 Å². The highest BCUT2D eigenvalue weighted by Gasteiger charge is 2.44. The van der Waals surface area contributed by atoms with Gasteiger partial charge in [-0.25, -0.2) is 14.6 Å². The summed E-state index contributed by atoms with van der Waals surface area (Å²) in [5.74, 6) is -0.389. The molecule has 8 heteroatoms. The second-order valence-corrected chi connectivity index (χ2v) is 6.00. The van der Waals surface area contributed by atoms with Crippen LogP contribution >= 0.6 is 0 Å². The molecule has 2 atom stereocenters. The van der Waals surface area contributed by atoms with Crippen LogP contribution in [0.5, 0.6) is 0 Å². The van der Waals surface area contributed by atoms with E-state index >= 15 is 0 Å². The number of methoxy groups -OCH3 is 1. The van der Waals surface area contributed by atoms with E-state index in [1.165, 1.54) is 14.2 Å². The smallest absolute Gasteiger partial charge is 0.408 e. The maximum atomic E-state index is 12.0. The summed E-state index contributed by atoms with van der Waals surface area (Å²) in [5, 5.41) is 5.75. The van der Waals surface area contributed by atoms with Crippen LogP contribution in [0.4, 0.5) is 4.79 Å². The summed E-state index contributed by atoms with van der Waals surface area (Å²) in [5.41, 5.74) is -1.40. The molecule has 8 nitrogen and oxygen atoms in total. The summed E-state index contributed by atoms with van der Waals surface area (Å²) in [7, 11) is 2.69. The monoisotopic (exact) mass is 304 g/mol. The lowest BCUT2D eigenvalue weighted by Crippen LogP contribution is -2.54. The number of ether oxygens (including phenoxy) is 2. The zero-order valence-corrected chi connectivity index (χ0v) is 13.1. The minimum atomic E-state index is -0.794. The first-order chi connectivity index (χ1) is 9.71. The van der Waals surface area contributed by atoms with Crippen LogP contribution in [0, 0.1) is 0 Å². The second-order valence-electron chi connectivity index (χ2n) is 6.00. The van der Waals surface area contributed by atoms with Crippen LogP contribution in [0.2, 0.25) is 0 Å². The zero-order chi connectivity index (χ0) is 16.1. The number of alkyl carbamates (subject to hydrolysis) is 1. The first kappa shape index (κ1) is 17.7. The number of rotatable bonds is 5. The van der Waals surface area contributed by atoms with Crippen molar-refractivity contribution in [1.82, 2.24) is 10.6 Å². The van der Waals surface area contributed by atoms with Gasteiger partial charge in [-0.3, -0.25) is 4.79 Å². The highest BCUT2D eigenvalue weighted by Crippen LogP contribution is 2.22. The maximum Gasteiger partial charge on any atom is 0.408 e. The highest BCUT2D eigenvalue weighted by molar-refractivity contribution is 5.77. The molecule has 0 aromatic rings. The minimum Gasteiger partial charge on any atom is -0.468 e. The standard InChI is InChI=1S/C13H24N2O6/c1-12(2,3)21-11(17)15-13(8-20-19-5)6-9(14-7-13)10(16)18-4/h9,14H,6-8H2,1-5H3,(H,15,17)/t9-,13-/m1/s1. The highest BCUT2D eigenvalue weighted by atomic mass is 17.2. The van der Waals surface area contributed by atoms with E-state index < -0.39 is 23.3 Å². The third-order valence-corrected chi connectivity index (χ3v) is 2.99. The van der Waals surface area contributed by atoms with E-state index in [1.807, 2.05) is 0 Å². The lowest BCUT2D eigenvalue weighted by atomic mass is 9.97. The Hall–Kier alpha value is -1.38. The molecule has 122 valence electrons. The Bertz CT molecular complexity index is 381. The summed E-state index contributed by atoms with van der Waals surface area (Å²) >= 11 is 0. The SMILES string of the molecule is COOC[C@]1(NC(=O)OC(C)(C)C)CN[C@@H](C(=O)OC)C1. The summed E-state index contributed by atoms with van der Waals surface area (Å²) in [4.78, 5) is 33.1. The van der Waals surface area contributed by atoms with Crippen molar-refractivity contribution in [1.29, 1.82) is 0 Å². The molecule has 1 rings (SSSR count). The van der Waals surface area contributed by atoms with Gasteiger partial charge in [0.25, 0.3) is 0 Å². The van der Waals surface area contributed by atoms with Crippen molar-refractivity contribution in [2.24, 2.45) is 0 Å². The predicted molar refractivity (Wildman–Crippen MR) is 73.5 cm³/mol. The molecular weight excluding hydrogens is 280 g/mol. The molecule has 0 aliphatic carbocycles. The quantitative estimate of drug-likeness (QED) is 0.430. The van der Waals surface area contributed by atoms with Gasteiger partial charge in [0.2, 0.25) is 0 Å². The van der Waals surface area contributed by atoms with Crippen molar-refractivity contribution in [2.75, 3.05) is 27.4 Å². The van der Waals surface area contributed by atoms with Gasteiger partial charge < -0.3 is 20.1 Å². The Balaban J connectivity index is 2.72. The molecule has 0 saturated carbocycles. The number of carbonyl (C=O) groups excluding carboxylic acids is 2. The van der Waals surface area contributed by atoms with Crippen molar-refractivity contribution in [2.45, 2.75) is 44.4 Å². The average molecular weight is 304 g/mol. The molecule has 1 saturated heterocycles. The minimum absolute atomic E-state index is 0.0865. The number of amides is 1. The van der Waals surface area contributed by atoms with Crippen molar-refractivity contribution < 1.29 is 28.8 Å². The van der Waals surface area contributed by atoms with Crippen molar-refractivity contribution in [3.8, 4) is 0 Å². The average Bonchev–Trinajstić information content (AvgIpc) is 2.77. The van der Waals surface area contributed by atoms with Crippen molar-refractivity contribution in [3.63, 3.8) is 0 Å². The number of nitrogens with one attached hydrogen (secondary N) is 2. The Morgan fingerprint density at radius 3 is 2.52 bits per heavy atom. The Morgan fingerprint density at radius 1 is 1.33 bits per heavy atom. The van der Waals surface area contributed by atoms with Gasteiger partial charge >= 0.3 is 12.1 Å². The molecule has 0 unspecified atom stereocenters. The zero-order valence-electron chi connectivity index (χ0n) is 13.1. The lowest BCUT2D eigenvalue weighted by Gasteiger charge is -2.30. The lowest BCUT2D eigenvalue weighted by molar-refractivity contribution is -0.282. The van der Waals surface area contributed by atoms with Crippen molar-refractivity contribution in [3.05, 3.63) is 0 Å². The van der Waals surface area contributed by atoms with E-state index in [0.29, 0.717) is 13.0 Å². The fraction of sp³-hybridized carbons (Fsp3) is 0.846. The number of carbonyl (C=O) groups is 2. The van der Waals surface area contributed by atoms with Crippen LogP contribution in [0.1, 0.15) is 27.2 Å². The fourth-order valence-corrected chi connectivity index (χ4v) is 2.10. The molecule has 0 spiro atoms. The predicted octanol–water partition coefficient (Wildman–Crippen LogP) is 0.363. The Kier molecular flexibility index (Phi) is 5.94. The van der Waals surface area contributed by atoms with E-state index in [0.717, 1.165) is 0 Å². The van der Waals surface area contributed by atoms with Gasteiger partial charge in [0, 0.05) is 13.0 Å². The third-order valence-electron chi connectivity index (χ3n) is 2.99.